The first-order chi connectivity index (χ1) is 7.81. The van der Waals surface area contributed by atoms with Crippen LogP contribution in [0.25, 0.3) is 0 Å². The van der Waals surface area contributed by atoms with Gasteiger partial charge in [0.15, 0.2) is 0 Å². The number of morpholine rings is 1. The van der Waals surface area contributed by atoms with Crippen LogP contribution in [0.4, 0.5) is 0 Å². The Labute approximate surface area is 108 Å². The molecule has 1 saturated carbocycles. The van der Waals surface area contributed by atoms with Crippen LogP contribution in [-0.4, -0.2) is 42.1 Å². The number of nitrogens with zero attached hydrogens (tertiary/aromatic N) is 1. The second-order valence-corrected chi connectivity index (χ2v) is 6.11. The summed E-state index contributed by atoms with van der Waals surface area (Å²) in [5.74, 6) is 0.849. The topological polar surface area (TPSA) is 12.5 Å². The third-order valence-corrected chi connectivity index (χ3v) is 4.57. The summed E-state index contributed by atoms with van der Waals surface area (Å²) in [5, 5.41) is 1.14. The van der Waals surface area contributed by atoms with Gasteiger partial charge < -0.3 is 4.74 Å². The van der Waals surface area contributed by atoms with Gasteiger partial charge >= 0.3 is 0 Å². The molecular weight excluding hydrogens is 266 g/mol. The normalized spacial score (nSPS) is 32.6. The van der Waals surface area contributed by atoms with Gasteiger partial charge in [0.25, 0.3) is 0 Å². The third kappa shape index (κ3) is 3.21. The van der Waals surface area contributed by atoms with Crippen molar-refractivity contribution >= 4 is 15.9 Å². The summed E-state index contributed by atoms with van der Waals surface area (Å²) in [5.41, 5.74) is 0. The number of ether oxygens (including phenoxy) is 1. The second kappa shape index (κ2) is 6.36. The molecule has 0 aromatic heterocycles. The highest BCUT2D eigenvalue weighted by Gasteiger charge is 2.35. The van der Waals surface area contributed by atoms with Crippen LogP contribution in [-0.2, 0) is 4.74 Å². The fraction of sp³-hybridized carbons (Fsp3) is 1.00. The van der Waals surface area contributed by atoms with Crippen LogP contribution in [0.1, 0.15) is 39.0 Å². The second-order valence-electron chi connectivity index (χ2n) is 5.31. The van der Waals surface area contributed by atoms with Gasteiger partial charge in [0.05, 0.1) is 12.7 Å². The average Bonchev–Trinajstić information content (AvgIpc) is 2.75. The highest BCUT2D eigenvalue weighted by molar-refractivity contribution is 9.09. The van der Waals surface area contributed by atoms with Crippen LogP contribution in [0.15, 0.2) is 0 Å². The molecule has 0 aromatic rings. The summed E-state index contributed by atoms with van der Waals surface area (Å²) < 4.78 is 5.84. The van der Waals surface area contributed by atoms with E-state index in [-0.39, 0.29) is 0 Å². The van der Waals surface area contributed by atoms with Crippen LogP contribution < -0.4 is 0 Å². The monoisotopic (exact) mass is 289 g/mol. The molecule has 2 rings (SSSR count). The van der Waals surface area contributed by atoms with Crippen LogP contribution in [0.5, 0.6) is 0 Å². The van der Waals surface area contributed by atoms with E-state index in [0.29, 0.717) is 6.10 Å². The van der Waals surface area contributed by atoms with E-state index >= 15 is 0 Å². The first-order valence-electron chi connectivity index (χ1n) is 6.73. The number of hydrogen-bond acceptors (Lipinski definition) is 2. The van der Waals surface area contributed by atoms with E-state index in [1.54, 1.807) is 0 Å². The maximum atomic E-state index is 5.84. The van der Waals surface area contributed by atoms with Crippen molar-refractivity contribution in [2.24, 2.45) is 5.92 Å². The Hall–Kier alpha value is 0.400. The molecule has 2 fully saturated rings. The first-order valence-corrected chi connectivity index (χ1v) is 7.85. The molecular formula is C13H24BrNO. The van der Waals surface area contributed by atoms with Crippen molar-refractivity contribution in [2.75, 3.05) is 25.0 Å². The molecule has 1 aliphatic heterocycles. The molecule has 3 heteroatoms. The van der Waals surface area contributed by atoms with Crippen molar-refractivity contribution in [1.29, 1.82) is 0 Å². The van der Waals surface area contributed by atoms with Gasteiger partial charge in [-0.15, -0.1) is 0 Å². The molecule has 0 N–H and O–H groups in total. The lowest BCUT2D eigenvalue weighted by atomic mass is 10.0. The Morgan fingerprint density at radius 1 is 1.38 bits per heavy atom. The molecule has 0 aromatic carbocycles. The number of hydrogen-bond donors (Lipinski definition) is 0. The van der Waals surface area contributed by atoms with Gasteiger partial charge in [-0.3, -0.25) is 4.90 Å². The van der Waals surface area contributed by atoms with E-state index in [1.165, 1.54) is 38.6 Å². The first kappa shape index (κ1) is 12.8. The zero-order chi connectivity index (χ0) is 11.4. The Kier molecular flexibility index (Phi) is 5.11. The minimum Gasteiger partial charge on any atom is -0.375 e. The fourth-order valence-electron chi connectivity index (χ4n) is 3.00. The van der Waals surface area contributed by atoms with E-state index < -0.39 is 0 Å². The van der Waals surface area contributed by atoms with Crippen molar-refractivity contribution in [3.63, 3.8) is 0 Å². The van der Waals surface area contributed by atoms with E-state index in [2.05, 4.69) is 27.8 Å². The summed E-state index contributed by atoms with van der Waals surface area (Å²) in [6, 6.07) is 0.741. The molecule has 1 saturated heterocycles. The van der Waals surface area contributed by atoms with Crippen LogP contribution in [0.3, 0.4) is 0 Å². The van der Waals surface area contributed by atoms with Crippen molar-refractivity contribution in [1.82, 2.24) is 4.90 Å². The highest BCUT2D eigenvalue weighted by Crippen LogP contribution is 2.30. The molecule has 16 heavy (non-hydrogen) atoms. The van der Waals surface area contributed by atoms with Crippen LogP contribution in [0, 0.1) is 5.92 Å². The Bertz CT molecular complexity index is 212. The largest absolute Gasteiger partial charge is 0.375 e. The minimum atomic E-state index is 0.556. The lowest BCUT2D eigenvalue weighted by Crippen LogP contribution is -2.48. The molecule has 3 unspecified atom stereocenters. The van der Waals surface area contributed by atoms with Gasteiger partial charge in [-0.1, -0.05) is 22.9 Å². The van der Waals surface area contributed by atoms with E-state index in [4.69, 9.17) is 4.74 Å². The molecule has 1 heterocycles. The maximum Gasteiger partial charge on any atom is 0.0730 e. The zero-order valence-electron chi connectivity index (χ0n) is 10.3. The molecule has 0 amide bonds. The highest BCUT2D eigenvalue weighted by atomic mass is 79.9. The van der Waals surface area contributed by atoms with Crippen molar-refractivity contribution < 1.29 is 4.74 Å². The van der Waals surface area contributed by atoms with Crippen LogP contribution >= 0.6 is 15.9 Å². The van der Waals surface area contributed by atoms with Gasteiger partial charge in [0, 0.05) is 17.9 Å². The quantitative estimate of drug-likeness (QED) is 0.722. The summed E-state index contributed by atoms with van der Waals surface area (Å²) in [6.07, 6.45) is 7.21. The number of alkyl halides is 1. The molecule has 94 valence electrons. The van der Waals surface area contributed by atoms with Gasteiger partial charge in [-0.2, -0.15) is 0 Å². The van der Waals surface area contributed by atoms with E-state index in [9.17, 15) is 0 Å². The Balaban J connectivity index is 1.75. The standard InChI is InChI=1S/C13H24BrNO/c1-11(5-7-14)6-8-15-9-10-16-13-4-2-3-12(13)15/h11-13H,2-10H2,1H3. The lowest BCUT2D eigenvalue weighted by molar-refractivity contribution is -0.0567. The lowest BCUT2D eigenvalue weighted by Gasteiger charge is -2.38. The van der Waals surface area contributed by atoms with Gasteiger partial charge in [-0.05, 0) is 44.6 Å². The Morgan fingerprint density at radius 2 is 2.25 bits per heavy atom. The van der Waals surface area contributed by atoms with E-state index in [0.717, 1.165) is 30.4 Å². The smallest absolute Gasteiger partial charge is 0.0730 e. The number of fused-ring (bicyclic) bond motifs is 1. The van der Waals surface area contributed by atoms with Gasteiger partial charge in [0.1, 0.15) is 0 Å². The summed E-state index contributed by atoms with van der Waals surface area (Å²) in [7, 11) is 0. The fourth-order valence-corrected chi connectivity index (χ4v) is 3.78. The predicted octanol–water partition coefficient (Wildman–Crippen LogP) is 3.05. The minimum absolute atomic E-state index is 0.556. The summed E-state index contributed by atoms with van der Waals surface area (Å²) >= 11 is 3.53. The average molecular weight is 290 g/mol. The SMILES string of the molecule is CC(CCBr)CCN1CCOC2CCCC21. The molecule has 0 radical (unpaired) electrons. The molecule has 0 spiro atoms. The number of halogens is 1. The van der Waals surface area contributed by atoms with E-state index in [1.807, 2.05) is 0 Å². The van der Waals surface area contributed by atoms with Crippen molar-refractivity contribution in [2.45, 2.75) is 51.2 Å². The number of rotatable bonds is 5. The molecule has 2 nitrogen and oxygen atoms in total. The van der Waals surface area contributed by atoms with Gasteiger partial charge in [-0.25, -0.2) is 0 Å². The zero-order valence-corrected chi connectivity index (χ0v) is 11.9. The summed E-state index contributed by atoms with van der Waals surface area (Å²) in [4.78, 5) is 2.69. The summed E-state index contributed by atoms with van der Waals surface area (Å²) in [6.45, 7) is 5.75. The Morgan fingerprint density at radius 3 is 3.06 bits per heavy atom. The predicted molar refractivity (Wildman–Crippen MR) is 71.1 cm³/mol. The molecule has 3 atom stereocenters. The third-order valence-electron chi connectivity index (χ3n) is 4.11. The van der Waals surface area contributed by atoms with Gasteiger partial charge in [0.2, 0.25) is 0 Å². The molecule has 0 bridgehead atoms. The van der Waals surface area contributed by atoms with Crippen molar-refractivity contribution in [3.8, 4) is 0 Å². The maximum absolute atomic E-state index is 5.84. The van der Waals surface area contributed by atoms with Crippen LogP contribution in [0.2, 0.25) is 0 Å². The van der Waals surface area contributed by atoms with Crippen molar-refractivity contribution in [3.05, 3.63) is 0 Å². The molecule has 2 aliphatic rings. The molecule has 1 aliphatic carbocycles.